The zero-order chi connectivity index (χ0) is 50.0. The zero-order valence-electron chi connectivity index (χ0n) is 47.1. The highest BCUT2D eigenvalue weighted by Gasteiger charge is 2.19. The normalized spacial score (nSPS) is 11.9. The van der Waals surface area contributed by atoms with Crippen LogP contribution in [-0.2, 0) is 28.6 Å². The Morgan fingerprint density at radius 1 is 0.232 bits per heavy atom. The molecule has 0 rings (SSSR count). The number of unbranched alkanes of at least 4 members (excludes halogenated alkanes) is 48. The van der Waals surface area contributed by atoms with Gasteiger partial charge in [-0.15, -0.1) is 0 Å². The Balaban J connectivity index is 4.19. The van der Waals surface area contributed by atoms with Crippen LogP contribution >= 0.6 is 0 Å². The smallest absolute Gasteiger partial charge is 0.306 e. The number of carbonyl (C=O) groups excluding carboxylic acids is 3. The van der Waals surface area contributed by atoms with Gasteiger partial charge < -0.3 is 14.2 Å². The molecule has 6 nitrogen and oxygen atoms in total. The first-order valence-electron chi connectivity index (χ1n) is 31.5. The molecule has 0 saturated carbocycles. The molecule has 0 spiro atoms. The van der Waals surface area contributed by atoms with Crippen molar-refractivity contribution >= 4 is 17.9 Å². The number of hydrogen-bond donors (Lipinski definition) is 0. The van der Waals surface area contributed by atoms with E-state index in [0.29, 0.717) is 19.3 Å². The second-order valence-electron chi connectivity index (χ2n) is 21.7. The molecule has 0 aromatic carbocycles. The Labute approximate surface area is 431 Å². The van der Waals surface area contributed by atoms with Crippen LogP contribution in [0.25, 0.3) is 0 Å². The van der Waals surface area contributed by atoms with Crippen LogP contribution in [-0.4, -0.2) is 37.2 Å². The highest BCUT2D eigenvalue weighted by molar-refractivity contribution is 5.71. The lowest BCUT2D eigenvalue weighted by atomic mass is 10.0. The summed E-state index contributed by atoms with van der Waals surface area (Å²) in [5, 5.41) is 0. The van der Waals surface area contributed by atoms with Gasteiger partial charge in [0.1, 0.15) is 13.2 Å². The largest absolute Gasteiger partial charge is 0.462 e. The van der Waals surface area contributed by atoms with Gasteiger partial charge in [0.25, 0.3) is 0 Å². The minimum Gasteiger partial charge on any atom is -0.462 e. The van der Waals surface area contributed by atoms with E-state index >= 15 is 0 Å². The standard InChI is InChI=1S/C63H122O6/c1-4-7-10-13-16-19-22-24-26-28-30-31-32-33-35-36-38-41-44-47-50-53-56-62(65)68-59-60(58-67-61(64)55-52-49-46-43-40-21-18-15-12-9-6-3)69-63(66)57-54-51-48-45-42-39-37-34-29-27-25-23-20-17-14-11-8-5-2/h60H,4-59H2,1-3H3. The van der Waals surface area contributed by atoms with E-state index in [0.717, 1.165) is 57.8 Å². The average molecular weight is 976 g/mol. The first kappa shape index (κ1) is 67.4. The molecule has 410 valence electrons. The number of hydrogen-bond acceptors (Lipinski definition) is 6. The Morgan fingerprint density at radius 3 is 0.580 bits per heavy atom. The summed E-state index contributed by atoms with van der Waals surface area (Å²) >= 11 is 0. The second kappa shape index (κ2) is 59.0. The Kier molecular flexibility index (Phi) is 57.6. The monoisotopic (exact) mass is 975 g/mol. The fourth-order valence-corrected chi connectivity index (χ4v) is 9.86. The molecule has 6 heteroatoms. The molecule has 0 bridgehead atoms. The molecular formula is C63H122O6. The Bertz CT molecular complexity index is 1030. The average Bonchev–Trinajstić information content (AvgIpc) is 3.35. The molecule has 1 atom stereocenters. The second-order valence-corrected chi connectivity index (χ2v) is 21.7. The van der Waals surface area contributed by atoms with E-state index in [1.54, 1.807) is 0 Å². The van der Waals surface area contributed by atoms with Crippen LogP contribution in [0.2, 0.25) is 0 Å². The first-order valence-corrected chi connectivity index (χ1v) is 31.5. The van der Waals surface area contributed by atoms with Gasteiger partial charge in [-0.2, -0.15) is 0 Å². The highest BCUT2D eigenvalue weighted by Crippen LogP contribution is 2.18. The van der Waals surface area contributed by atoms with Gasteiger partial charge in [-0.25, -0.2) is 0 Å². The van der Waals surface area contributed by atoms with Crippen LogP contribution in [0.15, 0.2) is 0 Å². The van der Waals surface area contributed by atoms with E-state index in [4.69, 9.17) is 14.2 Å². The fraction of sp³-hybridized carbons (Fsp3) is 0.952. The molecule has 0 radical (unpaired) electrons. The summed E-state index contributed by atoms with van der Waals surface area (Å²) < 4.78 is 16.9. The van der Waals surface area contributed by atoms with Gasteiger partial charge in [0.2, 0.25) is 0 Å². The maximum atomic E-state index is 12.9. The van der Waals surface area contributed by atoms with Crippen LogP contribution in [0.4, 0.5) is 0 Å². The van der Waals surface area contributed by atoms with Gasteiger partial charge in [0.15, 0.2) is 6.10 Å². The van der Waals surface area contributed by atoms with E-state index in [1.807, 2.05) is 0 Å². The predicted molar refractivity (Wildman–Crippen MR) is 298 cm³/mol. The zero-order valence-corrected chi connectivity index (χ0v) is 47.1. The van der Waals surface area contributed by atoms with Crippen molar-refractivity contribution in [1.29, 1.82) is 0 Å². The highest BCUT2D eigenvalue weighted by atomic mass is 16.6. The number of ether oxygens (including phenoxy) is 3. The molecule has 0 aromatic rings. The molecule has 0 heterocycles. The van der Waals surface area contributed by atoms with E-state index < -0.39 is 6.10 Å². The van der Waals surface area contributed by atoms with Crippen molar-refractivity contribution < 1.29 is 28.6 Å². The van der Waals surface area contributed by atoms with Gasteiger partial charge in [0.05, 0.1) is 0 Å². The van der Waals surface area contributed by atoms with E-state index in [9.17, 15) is 14.4 Å². The summed E-state index contributed by atoms with van der Waals surface area (Å²) in [6.45, 7) is 6.72. The quantitative estimate of drug-likeness (QED) is 0.0343. The molecule has 0 amide bonds. The third-order valence-electron chi connectivity index (χ3n) is 14.6. The summed E-state index contributed by atoms with van der Waals surface area (Å²) in [6, 6.07) is 0. The van der Waals surface area contributed by atoms with Crippen molar-refractivity contribution in [2.75, 3.05) is 13.2 Å². The fourth-order valence-electron chi connectivity index (χ4n) is 9.86. The molecule has 0 aromatic heterocycles. The molecule has 1 unspecified atom stereocenters. The van der Waals surface area contributed by atoms with Crippen LogP contribution in [0.5, 0.6) is 0 Å². The lowest BCUT2D eigenvalue weighted by Gasteiger charge is -2.18. The third kappa shape index (κ3) is 57.2. The maximum absolute atomic E-state index is 12.9. The van der Waals surface area contributed by atoms with Gasteiger partial charge in [-0.1, -0.05) is 329 Å². The lowest BCUT2D eigenvalue weighted by molar-refractivity contribution is -0.167. The SMILES string of the molecule is CCCCCCCCCCCCCCCCCCCCCCCCC(=O)OCC(COC(=O)CCCCCCCCCCCCC)OC(=O)CCCCCCCCCCCCCCCCCCCC. The van der Waals surface area contributed by atoms with Crippen molar-refractivity contribution in [3.8, 4) is 0 Å². The maximum Gasteiger partial charge on any atom is 0.306 e. The topological polar surface area (TPSA) is 78.9 Å². The molecule has 0 aliphatic heterocycles. The van der Waals surface area contributed by atoms with Crippen molar-refractivity contribution in [2.45, 2.75) is 374 Å². The molecular weight excluding hydrogens is 853 g/mol. The van der Waals surface area contributed by atoms with Crippen molar-refractivity contribution in [3.63, 3.8) is 0 Å². The molecule has 0 fully saturated rings. The molecule has 0 saturated heterocycles. The number of carbonyl (C=O) groups is 3. The lowest BCUT2D eigenvalue weighted by Crippen LogP contribution is -2.30. The van der Waals surface area contributed by atoms with Crippen molar-refractivity contribution in [2.24, 2.45) is 0 Å². The minimum atomic E-state index is -0.761. The summed E-state index contributed by atoms with van der Waals surface area (Å²) in [5.41, 5.74) is 0. The van der Waals surface area contributed by atoms with Gasteiger partial charge in [0, 0.05) is 19.3 Å². The van der Waals surface area contributed by atoms with Gasteiger partial charge >= 0.3 is 17.9 Å². The summed E-state index contributed by atoms with van der Waals surface area (Å²) in [6.07, 6.45) is 66.8. The molecule has 0 N–H and O–H groups in total. The van der Waals surface area contributed by atoms with Gasteiger partial charge in [-0.3, -0.25) is 14.4 Å². The molecule has 0 aliphatic carbocycles. The molecule has 0 aliphatic rings. The van der Waals surface area contributed by atoms with Crippen LogP contribution < -0.4 is 0 Å². The Hall–Kier alpha value is -1.59. The summed E-state index contributed by atoms with van der Waals surface area (Å²) in [7, 11) is 0. The summed E-state index contributed by atoms with van der Waals surface area (Å²) in [4.78, 5) is 38.2. The van der Waals surface area contributed by atoms with Crippen LogP contribution in [0, 0.1) is 0 Å². The van der Waals surface area contributed by atoms with E-state index in [2.05, 4.69) is 20.8 Å². The van der Waals surface area contributed by atoms with E-state index in [-0.39, 0.29) is 31.1 Å². The molecule has 69 heavy (non-hydrogen) atoms. The number of esters is 3. The number of rotatable bonds is 59. The van der Waals surface area contributed by atoms with Crippen molar-refractivity contribution in [3.05, 3.63) is 0 Å². The first-order chi connectivity index (χ1) is 34.0. The van der Waals surface area contributed by atoms with Crippen LogP contribution in [0.3, 0.4) is 0 Å². The van der Waals surface area contributed by atoms with Gasteiger partial charge in [-0.05, 0) is 19.3 Å². The minimum absolute atomic E-state index is 0.0608. The van der Waals surface area contributed by atoms with E-state index in [1.165, 1.54) is 270 Å². The predicted octanol–water partition coefficient (Wildman–Crippen LogP) is 21.1. The Morgan fingerprint density at radius 2 is 0.391 bits per heavy atom. The third-order valence-corrected chi connectivity index (χ3v) is 14.6. The van der Waals surface area contributed by atoms with Crippen molar-refractivity contribution in [1.82, 2.24) is 0 Å². The van der Waals surface area contributed by atoms with Crippen LogP contribution in [0.1, 0.15) is 367 Å². The summed E-state index contributed by atoms with van der Waals surface area (Å²) in [5.74, 6) is -0.829.